The molecule has 0 radical (unpaired) electrons. The number of hydrogen-bond acceptors (Lipinski definition) is 1. The minimum absolute atomic E-state index is 0.0821. The van der Waals surface area contributed by atoms with Crippen LogP contribution < -0.4 is 5.32 Å². The van der Waals surface area contributed by atoms with E-state index in [0.29, 0.717) is 5.56 Å². The second kappa shape index (κ2) is 5.83. The number of H-pyrrole nitrogens is 1. The Balaban J connectivity index is 1.75. The highest BCUT2D eigenvalue weighted by Gasteiger charge is 2.07. The summed E-state index contributed by atoms with van der Waals surface area (Å²) in [6.07, 6.45) is 4.07. The largest absolute Gasteiger partial charge is 0.361 e. The van der Waals surface area contributed by atoms with E-state index in [1.165, 1.54) is 5.56 Å². The Morgan fingerprint density at radius 1 is 1.10 bits per heavy atom. The van der Waals surface area contributed by atoms with Crippen molar-refractivity contribution in [3.05, 3.63) is 65.9 Å². The number of fused-ring (bicyclic) bond motifs is 1. The van der Waals surface area contributed by atoms with E-state index in [0.717, 1.165) is 29.4 Å². The van der Waals surface area contributed by atoms with Gasteiger partial charge in [-0.25, -0.2) is 0 Å². The van der Waals surface area contributed by atoms with Gasteiger partial charge < -0.3 is 10.3 Å². The van der Waals surface area contributed by atoms with Crippen molar-refractivity contribution in [3.63, 3.8) is 0 Å². The molecule has 0 aliphatic carbocycles. The van der Waals surface area contributed by atoms with E-state index in [-0.39, 0.29) is 5.91 Å². The molecule has 2 aromatic carbocycles. The summed E-state index contributed by atoms with van der Waals surface area (Å²) in [7, 11) is 0. The van der Waals surface area contributed by atoms with E-state index >= 15 is 0 Å². The van der Waals surface area contributed by atoms with E-state index in [9.17, 15) is 4.79 Å². The summed E-state index contributed by atoms with van der Waals surface area (Å²) in [6.45, 7) is 2.16. The van der Waals surface area contributed by atoms with Crippen molar-refractivity contribution in [1.82, 2.24) is 4.98 Å². The summed E-state index contributed by atoms with van der Waals surface area (Å²) >= 11 is 0. The molecule has 3 heteroatoms. The molecule has 106 valence electrons. The summed E-state index contributed by atoms with van der Waals surface area (Å²) in [5.74, 6) is -0.0821. The van der Waals surface area contributed by atoms with Gasteiger partial charge >= 0.3 is 0 Å². The summed E-state index contributed by atoms with van der Waals surface area (Å²) in [5.41, 5.74) is 3.83. The molecule has 0 saturated heterocycles. The minimum Gasteiger partial charge on any atom is -0.361 e. The highest BCUT2D eigenvalue weighted by molar-refractivity contribution is 6.06. The number of nitrogens with one attached hydrogen (secondary N) is 2. The summed E-state index contributed by atoms with van der Waals surface area (Å²) < 4.78 is 0. The molecule has 0 fully saturated rings. The first-order valence-corrected chi connectivity index (χ1v) is 7.23. The van der Waals surface area contributed by atoms with E-state index in [2.05, 4.69) is 29.4 Å². The van der Waals surface area contributed by atoms with Gasteiger partial charge in [-0.1, -0.05) is 25.5 Å². The van der Waals surface area contributed by atoms with E-state index in [4.69, 9.17) is 0 Å². The van der Waals surface area contributed by atoms with Crippen LogP contribution in [0.3, 0.4) is 0 Å². The molecule has 0 aliphatic heterocycles. The average molecular weight is 278 g/mol. The molecule has 3 nitrogen and oxygen atoms in total. The van der Waals surface area contributed by atoms with Crippen LogP contribution in [-0.4, -0.2) is 10.9 Å². The van der Waals surface area contributed by atoms with Crippen LogP contribution in [0.15, 0.2) is 54.7 Å². The molecule has 0 saturated carbocycles. The molecule has 1 amide bonds. The molecule has 2 N–H and O–H groups in total. The number of amides is 1. The Kier molecular flexibility index (Phi) is 3.73. The lowest BCUT2D eigenvalue weighted by Crippen LogP contribution is -2.11. The summed E-state index contributed by atoms with van der Waals surface area (Å²) in [6, 6.07) is 15.7. The predicted octanol–water partition coefficient (Wildman–Crippen LogP) is 4.37. The smallest absolute Gasteiger partial charge is 0.255 e. The maximum absolute atomic E-state index is 12.3. The molecule has 1 aromatic heterocycles. The molecule has 0 unspecified atom stereocenters. The normalized spacial score (nSPS) is 10.7. The van der Waals surface area contributed by atoms with Crippen LogP contribution in [0.1, 0.15) is 29.3 Å². The van der Waals surface area contributed by atoms with Gasteiger partial charge in [0, 0.05) is 28.4 Å². The average Bonchev–Trinajstić information content (AvgIpc) is 2.97. The van der Waals surface area contributed by atoms with Gasteiger partial charge in [0.05, 0.1) is 0 Å². The van der Waals surface area contributed by atoms with Crippen molar-refractivity contribution in [2.45, 2.75) is 19.8 Å². The Morgan fingerprint density at radius 3 is 2.67 bits per heavy atom. The zero-order chi connectivity index (χ0) is 14.7. The third-order valence-corrected chi connectivity index (χ3v) is 3.57. The zero-order valence-electron chi connectivity index (χ0n) is 12.0. The molecule has 0 bridgehead atoms. The van der Waals surface area contributed by atoms with Gasteiger partial charge in [0.15, 0.2) is 0 Å². The van der Waals surface area contributed by atoms with Crippen LogP contribution in [0.5, 0.6) is 0 Å². The molecule has 21 heavy (non-hydrogen) atoms. The third-order valence-electron chi connectivity index (χ3n) is 3.57. The Hall–Kier alpha value is -2.55. The van der Waals surface area contributed by atoms with Gasteiger partial charge in [-0.05, 0) is 48.4 Å². The fourth-order valence-corrected chi connectivity index (χ4v) is 2.44. The molecular formula is C18H18N2O. The van der Waals surface area contributed by atoms with Crippen LogP contribution in [0.2, 0.25) is 0 Å². The maximum Gasteiger partial charge on any atom is 0.255 e. The first-order chi connectivity index (χ1) is 10.3. The molecular weight excluding hydrogens is 260 g/mol. The Morgan fingerprint density at radius 2 is 1.90 bits per heavy atom. The van der Waals surface area contributed by atoms with Crippen LogP contribution >= 0.6 is 0 Å². The van der Waals surface area contributed by atoms with Gasteiger partial charge in [-0.2, -0.15) is 0 Å². The number of aromatic nitrogens is 1. The van der Waals surface area contributed by atoms with Gasteiger partial charge in [0.25, 0.3) is 5.91 Å². The molecule has 0 aliphatic rings. The van der Waals surface area contributed by atoms with Crippen molar-refractivity contribution >= 4 is 22.5 Å². The van der Waals surface area contributed by atoms with E-state index in [1.807, 2.05) is 42.6 Å². The van der Waals surface area contributed by atoms with Gasteiger partial charge in [0.2, 0.25) is 0 Å². The zero-order valence-corrected chi connectivity index (χ0v) is 12.0. The van der Waals surface area contributed by atoms with Crippen LogP contribution in [0.4, 0.5) is 5.69 Å². The summed E-state index contributed by atoms with van der Waals surface area (Å²) in [5, 5.41) is 3.98. The fourth-order valence-electron chi connectivity index (χ4n) is 2.44. The van der Waals surface area contributed by atoms with E-state index < -0.39 is 0 Å². The van der Waals surface area contributed by atoms with Crippen molar-refractivity contribution in [2.75, 3.05) is 5.32 Å². The first kappa shape index (κ1) is 13.4. The van der Waals surface area contributed by atoms with Crippen molar-refractivity contribution in [3.8, 4) is 0 Å². The lowest BCUT2D eigenvalue weighted by Gasteiger charge is -2.06. The number of aromatic amines is 1. The minimum atomic E-state index is -0.0821. The molecule has 0 spiro atoms. The quantitative estimate of drug-likeness (QED) is 0.731. The highest BCUT2D eigenvalue weighted by atomic mass is 16.1. The Labute approximate surface area is 124 Å². The van der Waals surface area contributed by atoms with Gasteiger partial charge in [0.1, 0.15) is 0 Å². The second-order valence-electron chi connectivity index (χ2n) is 5.18. The SMILES string of the molecule is CCCc1ccc(NC(=O)c2ccc3[nH]ccc3c2)cc1. The van der Waals surface area contributed by atoms with Crippen molar-refractivity contribution in [2.24, 2.45) is 0 Å². The number of rotatable bonds is 4. The van der Waals surface area contributed by atoms with Gasteiger partial charge in [-0.15, -0.1) is 0 Å². The van der Waals surface area contributed by atoms with E-state index in [1.54, 1.807) is 0 Å². The first-order valence-electron chi connectivity index (χ1n) is 7.23. The predicted molar refractivity (Wildman–Crippen MR) is 86.7 cm³/mol. The number of carbonyl (C=O) groups is 1. The van der Waals surface area contributed by atoms with Crippen molar-refractivity contribution < 1.29 is 4.79 Å². The number of aryl methyl sites for hydroxylation is 1. The number of hydrogen-bond donors (Lipinski definition) is 2. The third kappa shape index (κ3) is 2.97. The van der Waals surface area contributed by atoms with Gasteiger partial charge in [-0.3, -0.25) is 4.79 Å². The second-order valence-corrected chi connectivity index (χ2v) is 5.18. The molecule has 0 atom stereocenters. The fraction of sp³-hybridized carbons (Fsp3) is 0.167. The lowest BCUT2D eigenvalue weighted by molar-refractivity contribution is 0.102. The number of anilines is 1. The van der Waals surface area contributed by atoms with Crippen LogP contribution in [-0.2, 0) is 6.42 Å². The highest BCUT2D eigenvalue weighted by Crippen LogP contribution is 2.16. The van der Waals surface area contributed by atoms with Crippen molar-refractivity contribution in [1.29, 1.82) is 0 Å². The maximum atomic E-state index is 12.3. The van der Waals surface area contributed by atoms with Crippen LogP contribution in [0.25, 0.3) is 10.9 Å². The molecule has 1 heterocycles. The molecule has 3 rings (SSSR count). The monoisotopic (exact) mass is 278 g/mol. The molecule has 3 aromatic rings. The lowest BCUT2D eigenvalue weighted by atomic mass is 10.1. The Bertz CT molecular complexity index is 756. The standard InChI is InChI=1S/C18H18N2O/c1-2-3-13-4-7-16(8-5-13)20-18(21)15-6-9-17-14(12-15)10-11-19-17/h4-12,19H,2-3H2,1H3,(H,20,21). The number of carbonyl (C=O) groups excluding carboxylic acids is 1. The number of benzene rings is 2. The van der Waals surface area contributed by atoms with Crippen LogP contribution in [0, 0.1) is 0 Å². The topological polar surface area (TPSA) is 44.9 Å². The summed E-state index contributed by atoms with van der Waals surface area (Å²) in [4.78, 5) is 15.4.